The van der Waals surface area contributed by atoms with E-state index in [0.29, 0.717) is 35.8 Å². The molecule has 1 aliphatic heterocycles. The Morgan fingerprint density at radius 2 is 1.02 bits per heavy atom. The van der Waals surface area contributed by atoms with Crippen molar-refractivity contribution >= 4 is 24.2 Å². The third kappa shape index (κ3) is 10.9. The van der Waals surface area contributed by atoms with Crippen LogP contribution in [0.4, 0.5) is 0 Å². The number of hydrogen-bond donors (Lipinski definition) is 2. The molecule has 2 saturated carbocycles. The summed E-state index contributed by atoms with van der Waals surface area (Å²) in [5.41, 5.74) is 6.15. The summed E-state index contributed by atoms with van der Waals surface area (Å²) in [6.07, 6.45) is 19.2. The Morgan fingerprint density at radius 3 is 1.41 bits per heavy atom. The standard InChI is InChI=1S/C36H48N4O6/c41-33(39-37-23-7-13-27-9-3-1-4-10-27)29-15-19-31(20-16-29)45-35-36(44-26-25-43-35)46-32-21-17-30(18-22-32)34(42)40-38-24-8-14-28-11-5-2-6-12-28/h15-24,27-28,35-36H,1-14,25-26H2,(H,39,41)(H,40,42). The van der Waals surface area contributed by atoms with E-state index in [1.165, 1.54) is 64.2 Å². The van der Waals surface area contributed by atoms with Crippen LogP contribution in [0.15, 0.2) is 58.7 Å². The van der Waals surface area contributed by atoms with Gasteiger partial charge in [-0.15, -0.1) is 0 Å². The highest BCUT2D eigenvalue weighted by Gasteiger charge is 2.31. The van der Waals surface area contributed by atoms with Crippen LogP contribution in [0.2, 0.25) is 0 Å². The van der Waals surface area contributed by atoms with Crippen molar-refractivity contribution < 1.29 is 28.5 Å². The van der Waals surface area contributed by atoms with Crippen LogP contribution in [0.3, 0.4) is 0 Å². The van der Waals surface area contributed by atoms with Gasteiger partial charge in [0.1, 0.15) is 11.5 Å². The van der Waals surface area contributed by atoms with Gasteiger partial charge in [0.05, 0.1) is 13.2 Å². The Balaban J connectivity index is 1.03. The van der Waals surface area contributed by atoms with E-state index in [2.05, 4.69) is 21.1 Å². The zero-order chi connectivity index (χ0) is 31.8. The summed E-state index contributed by atoms with van der Waals surface area (Å²) >= 11 is 0. The lowest BCUT2D eigenvalue weighted by Crippen LogP contribution is -2.45. The van der Waals surface area contributed by atoms with Crippen molar-refractivity contribution in [3.05, 3.63) is 59.7 Å². The first-order chi connectivity index (χ1) is 22.6. The highest BCUT2D eigenvalue weighted by Crippen LogP contribution is 2.28. The van der Waals surface area contributed by atoms with Crippen molar-refractivity contribution in [1.29, 1.82) is 0 Å². The third-order valence-electron chi connectivity index (χ3n) is 8.98. The number of nitrogens with zero attached hydrogens (tertiary/aromatic N) is 2. The van der Waals surface area contributed by atoms with E-state index in [0.717, 1.165) is 37.5 Å². The molecule has 2 N–H and O–H groups in total. The Hall–Kier alpha value is -3.76. The fourth-order valence-corrected chi connectivity index (χ4v) is 6.34. The van der Waals surface area contributed by atoms with E-state index in [-0.39, 0.29) is 11.8 Å². The summed E-state index contributed by atoms with van der Waals surface area (Å²) in [4.78, 5) is 25.0. The minimum absolute atomic E-state index is 0.280. The number of ether oxygens (including phenoxy) is 4. The van der Waals surface area contributed by atoms with Crippen molar-refractivity contribution in [3.63, 3.8) is 0 Å². The monoisotopic (exact) mass is 632 g/mol. The van der Waals surface area contributed by atoms with E-state index >= 15 is 0 Å². The maximum Gasteiger partial charge on any atom is 0.271 e. The second-order valence-electron chi connectivity index (χ2n) is 12.4. The van der Waals surface area contributed by atoms with Crippen LogP contribution in [-0.2, 0) is 9.47 Å². The van der Waals surface area contributed by atoms with Gasteiger partial charge in [0, 0.05) is 23.6 Å². The number of hydrazone groups is 2. The molecule has 0 aromatic heterocycles. The summed E-state index contributed by atoms with van der Waals surface area (Å²) < 4.78 is 23.5. The molecule has 10 nitrogen and oxygen atoms in total. The first-order valence-corrected chi connectivity index (χ1v) is 17.0. The van der Waals surface area contributed by atoms with Crippen molar-refractivity contribution in [2.45, 2.75) is 102 Å². The van der Waals surface area contributed by atoms with Gasteiger partial charge in [-0.2, -0.15) is 10.2 Å². The van der Waals surface area contributed by atoms with E-state index < -0.39 is 12.6 Å². The van der Waals surface area contributed by atoms with Gasteiger partial charge in [0.15, 0.2) is 0 Å². The fourth-order valence-electron chi connectivity index (χ4n) is 6.34. The predicted octanol–water partition coefficient (Wildman–Crippen LogP) is 7.00. The van der Waals surface area contributed by atoms with E-state index in [4.69, 9.17) is 18.9 Å². The van der Waals surface area contributed by atoms with Crippen LogP contribution < -0.4 is 20.3 Å². The summed E-state index contributed by atoms with van der Waals surface area (Å²) in [5.74, 6) is 2.02. The van der Waals surface area contributed by atoms with Crippen LogP contribution in [-0.4, -0.2) is 50.0 Å². The number of benzene rings is 2. The molecule has 2 amide bonds. The molecule has 248 valence electrons. The average Bonchev–Trinajstić information content (AvgIpc) is 3.10. The number of nitrogens with one attached hydrogen (secondary N) is 2. The number of hydrogen-bond acceptors (Lipinski definition) is 8. The van der Waals surface area contributed by atoms with Gasteiger partial charge < -0.3 is 18.9 Å². The second kappa shape index (κ2) is 18.4. The minimum Gasteiger partial charge on any atom is -0.458 e. The van der Waals surface area contributed by atoms with Crippen molar-refractivity contribution in [3.8, 4) is 11.5 Å². The molecular weight excluding hydrogens is 584 g/mol. The van der Waals surface area contributed by atoms with Gasteiger partial charge in [-0.25, -0.2) is 10.9 Å². The first kappa shape index (κ1) is 33.6. The number of amides is 2. The molecule has 1 heterocycles. The maximum absolute atomic E-state index is 12.5. The van der Waals surface area contributed by atoms with Crippen molar-refractivity contribution in [2.75, 3.05) is 13.2 Å². The number of carbonyl (C=O) groups is 2. The molecule has 10 heteroatoms. The maximum atomic E-state index is 12.5. The zero-order valence-electron chi connectivity index (χ0n) is 26.7. The summed E-state index contributed by atoms with van der Waals surface area (Å²) in [6, 6.07) is 13.5. The summed E-state index contributed by atoms with van der Waals surface area (Å²) in [5, 5.41) is 8.22. The lowest BCUT2D eigenvalue weighted by Gasteiger charge is -2.31. The predicted molar refractivity (Wildman–Crippen MR) is 177 cm³/mol. The first-order valence-electron chi connectivity index (χ1n) is 17.0. The van der Waals surface area contributed by atoms with Gasteiger partial charge in [-0.05, 0) is 86.1 Å². The largest absolute Gasteiger partial charge is 0.458 e. The van der Waals surface area contributed by atoms with Gasteiger partial charge in [0.2, 0.25) is 0 Å². The highest BCUT2D eigenvalue weighted by molar-refractivity contribution is 5.95. The SMILES string of the molecule is O=C(NN=CCCC1CCCCC1)c1ccc(OC2OCCOC2Oc2ccc(C(=O)NN=CCCC3CCCCC3)cc2)cc1. The Labute approximate surface area is 272 Å². The van der Waals surface area contributed by atoms with Crippen molar-refractivity contribution in [2.24, 2.45) is 22.0 Å². The van der Waals surface area contributed by atoms with E-state index in [9.17, 15) is 9.59 Å². The molecule has 0 bridgehead atoms. The second-order valence-corrected chi connectivity index (χ2v) is 12.4. The number of carbonyl (C=O) groups excluding carboxylic acids is 2. The van der Waals surface area contributed by atoms with Crippen molar-refractivity contribution in [1.82, 2.24) is 10.9 Å². The minimum atomic E-state index is -0.826. The van der Waals surface area contributed by atoms with Gasteiger partial charge in [-0.3, -0.25) is 9.59 Å². The molecule has 3 aliphatic rings. The summed E-state index contributed by atoms with van der Waals surface area (Å²) in [7, 11) is 0. The molecule has 0 radical (unpaired) electrons. The molecule has 2 unspecified atom stereocenters. The highest BCUT2D eigenvalue weighted by atomic mass is 16.8. The molecule has 0 spiro atoms. The lowest BCUT2D eigenvalue weighted by molar-refractivity contribution is -0.271. The van der Waals surface area contributed by atoms with Gasteiger partial charge in [-0.1, -0.05) is 64.2 Å². The molecule has 3 fully saturated rings. The summed E-state index contributed by atoms with van der Waals surface area (Å²) in [6.45, 7) is 0.702. The van der Waals surface area contributed by atoms with Crippen LogP contribution >= 0.6 is 0 Å². The molecular formula is C36H48N4O6. The number of rotatable bonds is 14. The van der Waals surface area contributed by atoms with E-state index in [1.54, 1.807) is 61.0 Å². The zero-order valence-corrected chi connectivity index (χ0v) is 26.7. The average molecular weight is 633 g/mol. The molecule has 2 aromatic rings. The Bertz CT molecular complexity index is 1170. The molecule has 1 saturated heterocycles. The lowest BCUT2D eigenvalue weighted by atomic mass is 9.86. The smallest absolute Gasteiger partial charge is 0.271 e. The topological polar surface area (TPSA) is 120 Å². The molecule has 46 heavy (non-hydrogen) atoms. The van der Waals surface area contributed by atoms with Gasteiger partial charge in [0.25, 0.3) is 24.4 Å². The van der Waals surface area contributed by atoms with Crippen LogP contribution in [0.1, 0.15) is 111 Å². The Morgan fingerprint density at radius 1 is 0.630 bits per heavy atom. The van der Waals surface area contributed by atoms with Gasteiger partial charge >= 0.3 is 0 Å². The van der Waals surface area contributed by atoms with Crippen LogP contribution in [0.5, 0.6) is 11.5 Å². The normalized spacial score (nSPS) is 21.3. The van der Waals surface area contributed by atoms with E-state index in [1.807, 2.05) is 0 Å². The molecule has 2 aromatic carbocycles. The van der Waals surface area contributed by atoms with Crippen LogP contribution in [0.25, 0.3) is 0 Å². The molecule has 5 rings (SSSR count). The third-order valence-corrected chi connectivity index (χ3v) is 8.98. The quantitative estimate of drug-likeness (QED) is 0.171. The van der Waals surface area contributed by atoms with Crippen LogP contribution in [0, 0.1) is 11.8 Å². The fraction of sp³-hybridized carbons (Fsp3) is 0.556. The molecule has 2 atom stereocenters. The Kier molecular flexibility index (Phi) is 13.4. The molecule has 2 aliphatic carbocycles.